The predicted molar refractivity (Wildman–Crippen MR) is 76.0 cm³/mol. The molecule has 1 saturated heterocycles. The molecule has 0 bridgehead atoms. The van der Waals surface area contributed by atoms with E-state index < -0.39 is 12.0 Å². The van der Waals surface area contributed by atoms with E-state index in [0.29, 0.717) is 28.6 Å². The van der Waals surface area contributed by atoms with E-state index in [2.05, 4.69) is 5.10 Å². The van der Waals surface area contributed by atoms with Crippen LogP contribution in [0.2, 0.25) is 10.0 Å². The third-order valence-corrected chi connectivity index (χ3v) is 3.75. The first-order valence-corrected chi connectivity index (χ1v) is 6.82. The van der Waals surface area contributed by atoms with Crippen LogP contribution in [0.3, 0.4) is 0 Å². The summed E-state index contributed by atoms with van der Waals surface area (Å²) in [4.78, 5) is 11.1. The van der Waals surface area contributed by atoms with Gasteiger partial charge < -0.3 is 5.11 Å². The molecule has 0 aromatic heterocycles. The van der Waals surface area contributed by atoms with Gasteiger partial charge in [0.25, 0.3) is 0 Å². The Morgan fingerprint density at radius 3 is 2.68 bits per heavy atom. The van der Waals surface area contributed by atoms with Crippen LogP contribution < -0.4 is 0 Å². The monoisotopic (exact) mass is 300 g/mol. The van der Waals surface area contributed by atoms with Crippen molar-refractivity contribution in [3.8, 4) is 0 Å². The van der Waals surface area contributed by atoms with E-state index in [1.54, 1.807) is 23.2 Å². The van der Waals surface area contributed by atoms with Crippen molar-refractivity contribution in [1.29, 1.82) is 0 Å². The Bertz CT molecular complexity index is 485. The summed E-state index contributed by atoms with van der Waals surface area (Å²) >= 11 is 12.1. The normalized spacial score (nSPS) is 19.9. The van der Waals surface area contributed by atoms with Gasteiger partial charge in [0.1, 0.15) is 6.04 Å². The Kier molecular flexibility index (Phi) is 4.66. The molecule has 0 spiro atoms. The van der Waals surface area contributed by atoms with Crippen LogP contribution in [-0.4, -0.2) is 34.9 Å². The van der Waals surface area contributed by atoms with Gasteiger partial charge in [-0.2, -0.15) is 5.10 Å². The summed E-state index contributed by atoms with van der Waals surface area (Å²) in [6.07, 6.45) is 4.00. The number of halogens is 2. The summed E-state index contributed by atoms with van der Waals surface area (Å²) in [5.74, 6) is -0.845. The highest BCUT2D eigenvalue weighted by molar-refractivity contribution is 6.38. The average molecular weight is 301 g/mol. The number of carboxylic acid groups (broad SMARTS) is 1. The van der Waals surface area contributed by atoms with Crippen molar-refractivity contribution >= 4 is 35.4 Å². The third kappa shape index (κ3) is 3.39. The van der Waals surface area contributed by atoms with Gasteiger partial charge >= 0.3 is 5.97 Å². The summed E-state index contributed by atoms with van der Waals surface area (Å²) < 4.78 is 0. The molecular formula is C13H14Cl2N2O2. The zero-order valence-corrected chi connectivity index (χ0v) is 11.7. The number of carboxylic acids is 1. The second-order valence-corrected chi connectivity index (χ2v) is 5.21. The van der Waals surface area contributed by atoms with Crippen LogP contribution in [0.5, 0.6) is 0 Å². The van der Waals surface area contributed by atoms with Crippen molar-refractivity contribution in [3.05, 3.63) is 33.8 Å². The van der Waals surface area contributed by atoms with E-state index in [4.69, 9.17) is 28.3 Å². The molecular weight excluding hydrogens is 287 g/mol. The van der Waals surface area contributed by atoms with Crippen LogP contribution in [0.1, 0.15) is 24.8 Å². The quantitative estimate of drug-likeness (QED) is 0.872. The molecule has 1 N–H and O–H groups in total. The second-order valence-electron chi connectivity index (χ2n) is 4.39. The molecule has 102 valence electrons. The Morgan fingerprint density at radius 2 is 2.05 bits per heavy atom. The molecule has 6 heteroatoms. The fourth-order valence-corrected chi connectivity index (χ4v) is 2.57. The van der Waals surface area contributed by atoms with E-state index in [0.717, 1.165) is 12.8 Å². The van der Waals surface area contributed by atoms with E-state index in [-0.39, 0.29) is 0 Å². The molecule has 1 aromatic rings. The second kappa shape index (κ2) is 6.26. The predicted octanol–water partition coefficient (Wildman–Crippen LogP) is 3.27. The minimum Gasteiger partial charge on any atom is -0.480 e. The van der Waals surface area contributed by atoms with Gasteiger partial charge in [0.15, 0.2) is 0 Å². The van der Waals surface area contributed by atoms with Crippen molar-refractivity contribution in [2.45, 2.75) is 25.3 Å². The number of carbonyl (C=O) groups is 1. The minimum absolute atomic E-state index is 0.500. The maximum atomic E-state index is 11.1. The Balaban J connectivity index is 2.19. The molecule has 1 unspecified atom stereocenters. The van der Waals surface area contributed by atoms with Gasteiger partial charge in [0.05, 0.1) is 16.3 Å². The molecule has 1 fully saturated rings. The maximum Gasteiger partial charge on any atom is 0.328 e. The van der Waals surface area contributed by atoms with Crippen LogP contribution in [0.25, 0.3) is 0 Å². The molecule has 1 aliphatic rings. The first-order chi connectivity index (χ1) is 9.09. The SMILES string of the molecule is O=C(O)C1CCCCN1/N=C/c1c(Cl)cccc1Cl. The molecule has 0 saturated carbocycles. The van der Waals surface area contributed by atoms with Crippen LogP contribution >= 0.6 is 23.2 Å². The van der Waals surface area contributed by atoms with E-state index in [1.807, 2.05) is 0 Å². The molecule has 0 aliphatic carbocycles. The summed E-state index contributed by atoms with van der Waals surface area (Å²) in [7, 11) is 0. The van der Waals surface area contributed by atoms with Crippen LogP contribution in [-0.2, 0) is 4.79 Å². The lowest BCUT2D eigenvalue weighted by atomic mass is 10.0. The lowest BCUT2D eigenvalue weighted by Gasteiger charge is -2.30. The summed E-state index contributed by atoms with van der Waals surface area (Å²) in [5, 5.41) is 16.0. The number of aliphatic carboxylic acids is 1. The number of nitrogens with zero attached hydrogens (tertiary/aromatic N) is 2. The van der Waals surface area contributed by atoms with E-state index in [1.165, 1.54) is 6.21 Å². The smallest absolute Gasteiger partial charge is 0.328 e. The number of hydrogen-bond donors (Lipinski definition) is 1. The van der Waals surface area contributed by atoms with Crippen molar-refractivity contribution < 1.29 is 9.90 Å². The largest absolute Gasteiger partial charge is 0.480 e. The molecule has 1 heterocycles. The number of benzene rings is 1. The first kappa shape index (κ1) is 14.2. The zero-order chi connectivity index (χ0) is 13.8. The van der Waals surface area contributed by atoms with Gasteiger partial charge in [-0.15, -0.1) is 0 Å². The maximum absolute atomic E-state index is 11.1. The molecule has 0 amide bonds. The third-order valence-electron chi connectivity index (χ3n) is 3.09. The molecule has 1 atom stereocenters. The summed E-state index contributed by atoms with van der Waals surface area (Å²) in [6, 6.07) is 4.63. The molecule has 2 rings (SSSR count). The van der Waals surface area contributed by atoms with Gasteiger partial charge in [-0.05, 0) is 31.4 Å². The Hall–Kier alpha value is -1.26. The van der Waals surface area contributed by atoms with Gasteiger partial charge in [-0.3, -0.25) is 5.01 Å². The van der Waals surface area contributed by atoms with Gasteiger partial charge in [-0.1, -0.05) is 29.3 Å². The molecule has 1 aliphatic heterocycles. The van der Waals surface area contributed by atoms with Crippen molar-refractivity contribution in [1.82, 2.24) is 5.01 Å². The number of rotatable bonds is 3. The Labute approximate surface area is 121 Å². The van der Waals surface area contributed by atoms with Crippen molar-refractivity contribution in [2.75, 3.05) is 6.54 Å². The van der Waals surface area contributed by atoms with Crippen molar-refractivity contribution in [2.24, 2.45) is 5.10 Å². The zero-order valence-electron chi connectivity index (χ0n) is 10.2. The highest BCUT2D eigenvalue weighted by Crippen LogP contribution is 2.23. The summed E-state index contributed by atoms with van der Waals surface area (Å²) in [5.41, 5.74) is 0.612. The lowest BCUT2D eigenvalue weighted by Crippen LogP contribution is -2.41. The molecule has 4 nitrogen and oxygen atoms in total. The van der Waals surface area contributed by atoms with E-state index >= 15 is 0 Å². The van der Waals surface area contributed by atoms with Crippen molar-refractivity contribution in [3.63, 3.8) is 0 Å². The van der Waals surface area contributed by atoms with Gasteiger partial charge in [0, 0.05) is 12.1 Å². The van der Waals surface area contributed by atoms with E-state index in [9.17, 15) is 4.79 Å². The first-order valence-electron chi connectivity index (χ1n) is 6.07. The summed E-state index contributed by atoms with van der Waals surface area (Å²) in [6.45, 7) is 0.634. The van der Waals surface area contributed by atoms with Crippen LogP contribution in [0, 0.1) is 0 Å². The number of hydrogen-bond acceptors (Lipinski definition) is 3. The molecule has 1 aromatic carbocycles. The fraction of sp³-hybridized carbons (Fsp3) is 0.385. The molecule has 0 radical (unpaired) electrons. The highest BCUT2D eigenvalue weighted by Gasteiger charge is 2.27. The topological polar surface area (TPSA) is 52.9 Å². The van der Waals surface area contributed by atoms with Crippen LogP contribution in [0.15, 0.2) is 23.3 Å². The van der Waals surface area contributed by atoms with Gasteiger partial charge in [0.2, 0.25) is 0 Å². The standard InChI is InChI=1S/C13H14Cl2N2O2/c14-10-4-3-5-11(15)9(10)8-16-17-7-2-1-6-12(17)13(18)19/h3-5,8,12H,1-2,6-7H2,(H,18,19)/b16-8+. The lowest BCUT2D eigenvalue weighted by molar-refractivity contribution is -0.144. The highest BCUT2D eigenvalue weighted by atomic mass is 35.5. The Morgan fingerprint density at radius 1 is 1.37 bits per heavy atom. The fourth-order valence-electron chi connectivity index (χ4n) is 2.07. The number of hydrazone groups is 1. The van der Waals surface area contributed by atoms with Gasteiger partial charge in [-0.25, -0.2) is 4.79 Å². The van der Waals surface area contributed by atoms with Crippen LogP contribution in [0.4, 0.5) is 0 Å². The minimum atomic E-state index is -0.845. The number of piperidine rings is 1. The average Bonchev–Trinajstić information content (AvgIpc) is 2.38. The molecule has 19 heavy (non-hydrogen) atoms.